The molecule has 0 unspecified atom stereocenters. The van der Waals surface area contributed by atoms with Gasteiger partial charge in [-0.2, -0.15) is 0 Å². The molecular formula is C15H13NO2. The minimum Gasteiger partial charge on any atom is -0.258 e. The van der Waals surface area contributed by atoms with E-state index >= 15 is 0 Å². The van der Waals surface area contributed by atoms with Crippen molar-refractivity contribution in [1.29, 1.82) is 0 Å². The van der Waals surface area contributed by atoms with E-state index in [1.54, 1.807) is 12.1 Å². The topological polar surface area (TPSA) is 43.1 Å². The summed E-state index contributed by atoms with van der Waals surface area (Å²) in [4.78, 5) is 10.8. The van der Waals surface area contributed by atoms with Gasteiger partial charge in [0.25, 0.3) is 5.69 Å². The molecule has 1 aliphatic carbocycles. The van der Waals surface area contributed by atoms with Crippen LogP contribution in [0.4, 0.5) is 5.69 Å². The smallest absolute Gasteiger partial charge is 0.258 e. The van der Waals surface area contributed by atoms with Crippen molar-refractivity contribution in [3.63, 3.8) is 0 Å². The van der Waals surface area contributed by atoms with Gasteiger partial charge < -0.3 is 0 Å². The molecule has 18 heavy (non-hydrogen) atoms. The molecule has 0 bridgehead atoms. The summed E-state index contributed by atoms with van der Waals surface area (Å²) >= 11 is 0. The van der Waals surface area contributed by atoms with Gasteiger partial charge in [0.2, 0.25) is 0 Å². The van der Waals surface area contributed by atoms with Crippen molar-refractivity contribution in [2.45, 2.75) is 18.8 Å². The average molecular weight is 239 g/mol. The third-order valence-corrected chi connectivity index (χ3v) is 3.37. The summed E-state index contributed by atoms with van der Waals surface area (Å²) < 4.78 is 0. The third kappa shape index (κ3) is 1.88. The number of hydrogen-bond acceptors (Lipinski definition) is 2. The predicted octanol–water partition coefficient (Wildman–Crippen LogP) is 4.14. The highest BCUT2D eigenvalue weighted by Crippen LogP contribution is 2.45. The largest absolute Gasteiger partial charge is 0.277 e. The molecule has 0 aliphatic heterocycles. The van der Waals surface area contributed by atoms with Gasteiger partial charge in [0.05, 0.1) is 10.5 Å². The maximum atomic E-state index is 11.1. The second-order valence-corrected chi connectivity index (χ2v) is 4.64. The summed E-state index contributed by atoms with van der Waals surface area (Å²) in [5.41, 5.74) is 3.16. The number of para-hydroxylation sites is 1. The summed E-state index contributed by atoms with van der Waals surface area (Å²) in [6.45, 7) is 0. The first-order valence-corrected chi connectivity index (χ1v) is 6.10. The van der Waals surface area contributed by atoms with Crippen LogP contribution in [0.5, 0.6) is 0 Å². The monoisotopic (exact) mass is 239 g/mol. The van der Waals surface area contributed by atoms with Crippen LogP contribution in [0.3, 0.4) is 0 Å². The Bertz CT molecular complexity index is 603. The molecule has 0 N–H and O–H groups in total. The highest BCUT2D eigenvalue weighted by molar-refractivity contribution is 5.76. The van der Waals surface area contributed by atoms with E-state index in [0.717, 1.165) is 11.1 Å². The van der Waals surface area contributed by atoms with Crippen LogP contribution in [0.2, 0.25) is 0 Å². The maximum absolute atomic E-state index is 11.1. The van der Waals surface area contributed by atoms with Gasteiger partial charge in [0.15, 0.2) is 0 Å². The Morgan fingerprint density at radius 2 is 1.56 bits per heavy atom. The Hall–Kier alpha value is -2.16. The molecule has 0 saturated heterocycles. The molecule has 3 rings (SSSR count). The molecule has 1 saturated carbocycles. The number of nitro groups is 1. The van der Waals surface area contributed by atoms with Gasteiger partial charge in [-0.25, -0.2) is 0 Å². The van der Waals surface area contributed by atoms with Crippen molar-refractivity contribution in [3.8, 4) is 11.1 Å². The number of rotatable bonds is 3. The molecule has 2 aromatic carbocycles. The Morgan fingerprint density at radius 3 is 2.22 bits per heavy atom. The lowest BCUT2D eigenvalue weighted by atomic mass is 9.96. The highest BCUT2D eigenvalue weighted by Gasteiger charge is 2.27. The highest BCUT2D eigenvalue weighted by atomic mass is 16.6. The zero-order valence-corrected chi connectivity index (χ0v) is 9.87. The quantitative estimate of drug-likeness (QED) is 0.596. The molecule has 3 heteroatoms. The van der Waals surface area contributed by atoms with Crippen LogP contribution < -0.4 is 0 Å². The minimum atomic E-state index is -0.307. The van der Waals surface area contributed by atoms with Gasteiger partial charge in [-0.1, -0.05) is 36.4 Å². The minimum absolute atomic E-state index is 0.186. The molecule has 0 amide bonds. The number of nitrogens with zero attached hydrogens (tertiary/aromatic N) is 1. The van der Waals surface area contributed by atoms with Crippen LogP contribution >= 0.6 is 0 Å². The molecular weight excluding hydrogens is 226 g/mol. The average Bonchev–Trinajstić information content (AvgIpc) is 3.23. The zero-order chi connectivity index (χ0) is 12.5. The molecule has 1 aliphatic rings. The van der Waals surface area contributed by atoms with Crippen molar-refractivity contribution in [3.05, 3.63) is 64.2 Å². The first-order valence-electron chi connectivity index (χ1n) is 6.10. The van der Waals surface area contributed by atoms with E-state index < -0.39 is 0 Å². The SMILES string of the molecule is O=[N+]([O-])c1ccccc1-c1ccccc1C1CC1. The summed E-state index contributed by atoms with van der Waals surface area (Å²) in [6.07, 6.45) is 2.38. The van der Waals surface area contributed by atoms with Crippen molar-refractivity contribution in [1.82, 2.24) is 0 Å². The summed E-state index contributed by atoms with van der Waals surface area (Å²) in [7, 11) is 0. The summed E-state index contributed by atoms with van der Waals surface area (Å²) in [6, 6.07) is 15.0. The summed E-state index contributed by atoms with van der Waals surface area (Å²) in [5.74, 6) is 0.584. The Morgan fingerprint density at radius 1 is 0.944 bits per heavy atom. The van der Waals surface area contributed by atoms with Crippen molar-refractivity contribution >= 4 is 5.69 Å². The molecule has 0 aromatic heterocycles. The van der Waals surface area contributed by atoms with E-state index in [2.05, 4.69) is 6.07 Å². The van der Waals surface area contributed by atoms with E-state index in [1.165, 1.54) is 18.4 Å². The molecule has 3 nitrogen and oxygen atoms in total. The summed E-state index contributed by atoms with van der Waals surface area (Å²) in [5, 5.41) is 11.1. The molecule has 0 atom stereocenters. The van der Waals surface area contributed by atoms with Crippen molar-refractivity contribution in [2.24, 2.45) is 0 Å². The van der Waals surface area contributed by atoms with Crippen LogP contribution in [0, 0.1) is 10.1 Å². The van der Waals surface area contributed by atoms with Gasteiger partial charge >= 0.3 is 0 Å². The third-order valence-electron chi connectivity index (χ3n) is 3.37. The van der Waals surface area contributed by atoms with Crippen LogP contribution in [0.15, 0.2) is 48.5 Å². The van der Waals surface area contributed by atoms with Crippen LogP contribution in [-0.2, 0) is 0 Å². The van der Waals surface area contributed by atoms with E-state index in [0.29, 0.717) is 5.92 Å². The molecule has 0 radical (unpaired) electrons. The van der Waals surface area contributed by atoms with Crippen molar-refractivity contribution in [2.75, 3.05) is 0 Å². The van der Waals surface area contributed by atoms with Gasteiger partial charge in [-0.3, -0.25) is 10.1 Å². The Balaban J connectivity index is 2.18. The second-order valence-electron chi connectivity index (χ2n) is 4.64. The molecule has 90 valence electrons. The van der Waals surface area contributed by atoms with Gasteiger partial charge in [-0.05, 0) is 36.0 Å². The lowest BCUT2D eigenvalue weighted by Crippen LogP contribution is -1.94. The fourth-order valence-electron chi connectivity index (χ4n) is 2.35. The molecule has 2 aromatic rings. The first kappa shape index (κ1) is 11.0. The first-order chi connectivity index (χ1) is 8.77. The van der Waals surface area contributed by atoms with Gasteiger partial charge in [0, 0.05) is 6.07 Å². The van der Waals surface area contributed by atoms with Gasteiger partial charge in [-0.15, -0.1) is 0 Å². The van der Waals surface area contributed by atoms with Crippen molar-refractivity contribution < 1.29 is 4.92 Å². The zero-order valence-electron chi connectivity index (χ0n) is 9.87. The van der Waals surface area contributed by atoms with E-state index in [1.807, 2.05) is 30.3 Å². The Kier molecular flexibility index (Phi) is 2.59. The normalized spacial score (nSPS) is 14.4. The van der Waals surface area contributed by atoms with Crippen LogP contribution in [0.1, 0.15) is 24.3 Å². The fraction of sp³-hybridized carbons (Fsp3) is 0.200. The number of hydrogen-bond donors (Lipinski definition) is 0. The fourth-order valence-corrected chi connectivity index (χ4v) is 2.35. The lowest BCUT2D eigenvalue weighted by molar-refractivity contribution is -0.384. The lowest BCUT2D eigenvalue weighted by Gasteiger charge is -2.08. The maximum Gasteiger partial charge on any atom is 0.277 e. The molecule has 1 fully saturated rings. The van der Waals surface area contributed by atoms with Gasteiger partial charge in [0.1, 0.15) is 0 Å². The predicted molar refractivity (Wildman–Crippen MR) is 70.5 cm³/mol. The molecule has 0 heterocycles. The number of benzene rings is 2. The second kappa shape index (κ2) is 4.26. The van der Waals surface area contributed by atoms with Crippen LogP contribution in [-0.4, -0.2) is 4.92 Å². The standard InChI is InChI=1S/C15H13NO2/c17-16(18)15-8-4-3-7-14(15)13-6-2-1-5-12(13)11-9-10-11/h1-8,11H,9-10H2. The van der Waals surface area contributed by atoms with Crippen LogP contribution in [0.25, 0.3) is 11.1 Å². The van der Waals surface area contributed by atoms with E-state index in [9.17, 15) is 10.1 Å². The Labute approximate surface area is 105 Å². The number of nitro benzene ring substituents is 1. The van der Waals surface area contributed by atoms with E-state index in [-0.39, 0.29) is 10.6 Å². The molecule has 0 spiro atoms. The van der Waals surface area contributed by atoms with E-state index in [4.69, 9.17) is 0 Å².